The number of hydrogen-bond acceptors (Lipinski definition) is 3. The molecule has 0 saturated carbocycles. The van der Waals surface area contributed by atoms with Gasteiger partial charge in [0, 0.05) is 6.08 Å². The molecule has 1 rings (SSSR count). The van der Waals surface area contributed by atoms with Gasteiger partial charge in [-0.2, -0.15) is 0 Å². The van der Waals surface area contributed by atoms with Crippen LogP contribution in [0.1, 0.15) is 0 Å². The number of epoxide rings is 1. The van der Waals surface area contributed by atoms with Gasteiger partial charge >= 0.3 is 5.97 Å². The molecule has 1 heterocycles. The summed E-state index contributed by atoms with van der Waals surface area (Å²) in [6.07, 6.45) is 1.29. The zero-order chi connectivity index (χ0) is 6.69. The van der Waals surface area contributed by atoms with Gasteiger partial charge in [-0.05, 0) is 0 Å². The molecule has 0 spiro atoms. The highest BCUT2D eigenvalue weighted by atomic mass is 16.6. The fourth-order valence-corrected chi connectivity index (χ4v) is 0.398. The second kappa shape index (κ2) is 2.64. The lowest BCUT2D eigenvalue weighted by Gasteiger charge is -1.94. The molecular weight excluding hydrogens is 120 g/mol. The van der Waals surface area contributed by atoms with Gasteiger partial charge in [-0.15, -0.1) is 0 Å². The lowest BCUT2D eigenvalue weighted by atomic mass is 10.5. The van der Waals surface area contributed by atoms with Crippen molar-refractivity contribution in [3.8, 4) is 0 Å². The molecule has 0 amide bonds. The molecule has 0 unspecified atom stereocenters. The maximum Gasteiger partial charge on any atom is 0.330 e. The molecule has 1 aliphatic rings. The summed E-state index contributed by atoms with van der Waals surface area (Å²) in [6, 6.07) is 0. The quantitative estimate of drug-likeness (QED) is 0.308. The van der Waals surface area contributed by atoms with Crippen molar-refractivity contribution in [2.24, 2.45) is 0 Å². The van der Waals surface area contributed by atoms with Gasteiger partial charge in [0.1, 0.15) is 12.7 Å². The Bertz CT molecular complexity index is 126. The molecular formula is C6H8O3. The molecule has 0 aromatic carbocycles. The van der Waals surface area contributed by atoms with Crippen molar-refractivity contribution in [3.63, 3.8) is 0 Å². The van der Waals surface area contributed by atoms with E-state index in [4.69, 9.17) is 4.74 Å². The molecule has 1 atom stereocenters. The van der Waals surface area contributed by atoms with Crippen LogP contribution >= 0.6 is 0 Å². The molecule has 0 aliphatic carbocycles. The molecule has 3 nitrogen and oxygen atoms in total. The van der Waals surface area contributed by atoms with Crippen LogP contribution in [0.5, 0.6) is 0 Å². The molecule has 0 radical (unpaired) electrons. The molecule has 0 N–H and O–H groups in total. The number of rotatable bonds is 3. The summed E-state index contributed by atoms with van der Waals surface area (Å²) in [5, 5.41) is 0. The number of hydrogen-bond donors (Lipinski definition) is 0. The van der Waals surface area contributed by atoms with Gasteiger partial charge in [0.25, 0.3) is 0 Å². The summed E-state index contributed by atoms with van der Waals surface area (Å²) < 4.78 is 9.42. The van der Waals surface area contributed by atoms with E-state index in [1.54, 1.807) is 0 Å². The first-order valence-corrected chi connectivity index (χ1v) is 2.73. The van der Waals surface area contributed by atoms with E-state index in [0.29, 0.717) is 13.2 Å². The summed E-state index contributed by atoms with van der Waals surface area (Å²) in [6.45, 7) is 4.32. The average Bonchev–Trinajstić information content (AvgIpc) is 2.65. The molecule has 0 aromatic heterocycles. The molecule has 1 aliphatic heterocycles. The van der Waals surface area contributed by atoms with Crippen molar-refractivity contribution < 1.29 is 14.3 Å². The Morgan fingerprint density at radius 1 is 2.00 bits per heavy atom. The maximum absolute atomic E-state index is 10.3. The molecule has 1 fully saturated rings. The first-order valence-electron chi connectivity index (χ1n) is 2.73. The zero-order valence-electron chi connectivity index (χ0n) is 5.00. The van der Waals surface area contributed by atoms with Gasteiger partial charge in [-0.3, -0.25) is 0 Å². The van der Waals surface area contributed by atoms with E-state index in [-0.39, 0.29) is 12.1 Å². The van der Waals surface area contributed by atoms with Crippen molar-refractivity contribution in [2.75, 3.05) is 13.2 Å². The van der Waals surface area contributed by atoms with Crippen molar-refractivity contribution >= 4 is 5.97 Å². The van der Waals surface area contributed by atoms with Crippen molar-refractivity contribution in [3.05, 3.63) is 12.7 Å². The lowest BCUT2D eigenvalue weighted by molar-refractivity contribution is -0.138. The van der Waals surface area contributed by atoms with Crippen molar-refractivity contribution in [1.29, 1.82) is 0 Å². The van der Waals surface area contributed by atoms with Gasteiger partial charge in [0.15, 0.2) is 0 Å². The number of ether oxygens (including phenoxy) is 2. The zero-order valence-corrected chi connectivity index (χ0v) is 5.00. The van der Waals surface area contributed by atoms with Gasteiger partial charge < -0.3 is 9.47 Å². The molecule has 1 saturated heterocycles. The predicted octanol–water partition coefficient (Wildman–Crippen LogP) is 0.114. The minimum atomic E-state index is -0.384. The van der Waals surface area contributed by atoms with E-state index in [9.17, 15) is 4.79 Å². The standard InChI is InChI=1S/C6H8O3/c1-2-6(7)9-4-5-3-8-5/h2,5H,1,3-4H2/t5-/m0/s1. The van der Waals surface area contributed by atoms with E-state index < -0.39 is 0 Å². The van der Waals surface area contributed by atoms with Gasteiger partial charge in [0.2, 0.25) is 0 Å². The van der Waals surface area contributed by atoms with Crippen molar-refractivity contribution in [2.45, 2.75) is 6.10 Å². The summed E-state index contributed by atoms with van der Waals surface area (Å²) in [4.78, 5) is 10.3. The highest BCUT2D eigenvalue weighted by Crippen LogP contribution is 2.08. The summed E-state index contributed by atoms with van der Waals surface area (Å²) in [7, 11) is 0. The lowest BCUT2D eigenvalue weighted by Crippen LogP contribution is -2.06. The molecule has 9 heavy (non-hydrogen) atoms. The third-order valence-electron chi connectivity index (χ3n) is 0.981. The minimum Gasteiger partial charge on any atom is -0.460 e. The van der Waals surface area contributed by atoms with Gasteiger partial charge in [0.05, 0.1) is 6.61 Å². The van der Waals surface area contributed by atoms with Crippen LogP contribution in [-0.4, -0.2) is 25.3 Å². The SMILES string of the molecule is C=CC(=O)OC[C@@H]1CO1. The van der Waals surface area contributed by atoms with Gasteiger partial charge in [-0.25, -0.2) is 4.79 Å². The number of carbonyl (C=O) groups is 1. The van der Waals surface area contributed by atoms with Crippen LogP contribution in [0.4, 0.5) is 0 Å². The van der Waals surface area contributed by atoms with Crippen LogP contribution in [-0.2, 0) is 14.3 Å². The van der Waals surface area contributed by atoms with Crippen LogP contribution in [0.2, 0.25) is 0 Å². The molecule has 3 heteroatoms. The van der Waals surface area contributed by atoms with Crippen LogP contribution in [0.25, 0.3) is 0 Å². The van der Waals surface area contributed by atoms with Crippen LogP contribution in [0.3, 0.4) is 0 Å². The van der Waals surface area contributed by atoms with E-state index >= 15 is 0 Å². The Labute approximate surface area is 53.3 Å². The summed E-state index contributed by atoms with van der Waals surface area (Å²) in [5.41, 5.74) is 0. The first-order chi connectivity index (χ1) is 4.33. The first kappa shape index (κ1) is 6.29. The maximum atomic E-state index is 10.3. The molecule has 0 bridgehead atoms. The largest absolute Gasteiger partial charge is 0.460 e. The Balaban J connectivity index is 2.02. The van der Waals surface area contributed by atoms with Crippen LogP contribution in [0, 0.1) is 0 Å². The number of carbonyl (C=O) groups excluding carboxylic acids is 1. The monoisotopic (exact) mass is 128 g/mol. The van der Waals surface area contributed by atoms with E-state index in [1.807, 2.05) is 0 Å². The fraction of sp³-hybridized carbons (Fsp3) is 0.500. The predicted molar refractivity (Wildman–Crippen MR) is 30.9 cm³/mol. The van der Waals surface area contributed by atoms with Crippen LogP contribution < -0.4 is 0 Å². The Morgan fingerprint density at radius 2 is 2.67 bits per heavy atom. The van der Waals surface area contributed by atoms with E-state index in [2.05, 4.69) is 11.3 Å². The topological polar surface area (TPSA) is 38.8 Å². The third-order valence-corrected chi connectivity index (χ3v) is 0.981. The highest BCUT2D eigenvalue weighted by molar-refractivity contribution is 5.81. The van der Waals surface area contributed by atoms with E-state index in [1.165, 1.54) is 0 Å². The number of esters is 1. The van der Waals surface area contributed by atoms with E-state index in [0.717, 1.165) is 6.08 Å². The smallest absolute Gasteiger partial charge is 0.330 e. The fourth-order valence-electron chi connectivity index (χ4n) is 0.398. The highest BCUT2D eigenvalue weighted by Gasteiger charge is 2.23. The Kier molecular flexibility index (Phi) is 1.85. The average molecular weight is 128 g/mol. The van der Waals surface area contributed by atoms with Crippen LogP contribution in [0.15, 0.2) is 12.7 Å². The second-order valence-corrected chi connectivity index (χ2v) is 1.79. The Hall–Kier alpha value is -0.830. The normalized spacial score (nSPS) is 22.9. The molecule has 50 valence electrons. The third kappa shape index (κ3) is 2.28. The minimum absolute atomic E-state index is 0.147. The van der Waals surface area contributed by atoms with Gasteiger partial charge in [-0.1, -0.05) is 6.58 Å². The molecule has 0 aromatic rings. The second-order valence-electron chi connectivity index (χ2n) is 1.79. The summed E-state index contributed by atoms with van der Waals surface area (Å²) >= 11 is 0. The van der Waals surface area contributed by atoms with Crippen molar-refractivity contribution in [1.82, 2.24) is 0 Å². The Morgan fingerprint density at radius 3 is 3.11 bits per heavy atom. The summed E-state index contributed by atoms with van der Waals surface area (Å²) in [5.74, 6) is -0.384.